The van der Waals surface area contributed by atoms with Crippen LogP contribution in [0.4, 0.5) is 11.4 Å². The standard InChI is InChI=1S/C48H37NO2/c1-3-13-36(14-4-1)49(37-15-5-2-6-16-37)38-17-11-12-34(28-38)39-18-7-8-19-40(39)35-24-27-47-44(30-35)43-29-32(23-26-46(43)50-47)33-22-25-42-41-20-9-10-21-45(41)51-48(42)31-33/h1-16,18,20-31,38,40,42,48H,17,19H2. The van der Waals surface area contributed by atoms with Crippen molar-refractivity contribution in [3.05, 3.63) is 204 Å². The maximum Gasteiger partial charge on any atom is 0.135 e. The molecular formula is C48H37NO2. The Morgan fingerprint density at radius 1 is 0.627 bits per heavy atom. The first kappa shape index (κ1) is 29.8. The first-order chi connectivity index (χ1) is 25.3. The molecule has 4 aliphatic rings. The molecule has 0 saturated heterocycles. The minimum absolute atomic E-state index is 0.0190. The zero-order chi connectivity index (χ0) is 33.7. The Kier molecular flexibility index (Phi) is 7.23. The second kappa shape index (κ2) is 12.4. The molecule has 1 aromatic heterocycles. The van der Waals surface area contributed by atoms with Gasteiger partial charge in [0.05, 0.1) is 6.04 Å². The van der Waals surface area contributed by atoms with Crippen molar-refractivity contribution in [2.24, 2.45) is 0 Å². The monoisotopic (exact) mass is 659 g/mol. The van der Waals surface area contributed by atoms with E-state index in [0.29, 0.717) is 0 Å². The highest BCUT2D eigenvalue weighted by atomic mass is 16.5. The molecular weight excluding hydrogens is 623 g/mol. The van der Waals surface area contributed by atoms with Crippen molar-refractivity contribution in [3.8, 4) is 5.75 Å². The van der Waals surface area contributed by atoms with Crippen LogP contribution in [-0.2, 0) is 0 Å². The van der Waals surface area contributed by atoms with Gasteiger partial charge in [-0.05, 0) is 101 Å². The second-order valence-electron chi connectivity index (χ2n) is 13.9. The predicted octanol–water partition coefficient (Wildman–Crippen LogP) is 12.1. The first-order valence-electron chi connectivity index (χ1n) is 18.0. The number of hydrogen-bond donors (Lipinski definition) is 0. The van der Waals surface area contributed by atoms with E-state index >= 15 is 0 Å². The van der Waals surface area contributed by atoms with Crippen LogP contribution in [0, 0.1) is 0 Å². The Balaban J connectivity index is 0.985. The van der Waals surface area contributed by atoms with E-state index in [1.54, 1.807) is 0 Å². The van der Waals surface area contributed by atoms with Crippen LogP contribution in [0.25, 0.3) is 27.5 Å². The molecule has 0 bridgehead atoms. The van der Waals surface area contributed by atoms with E-state index in [2.05, 4.69) is 175 Å². The highest BCUT2D eigenvalue weighted by Crippen LogP contribution is 2.44. The SMILES string of the molecule is C1=CCC(c2ccc3oc4ccc(C5=CC6Oc7ccccc7C6C=C5)cc4c3c2)C(C2=CC(N(c3ccccc3)c3ccccc3)CC=C2)=C1. The number of ether oxygens (including phenoxy) is 1. The molecule has 0 radical (unpaired) electrons. The molecule has 3 aliphatic carbocycles. The average molecular weight is 660 g/mol. The lowest BCUT2D eigenvalue weighted by Gasteiger charge is -2.34. The van der Waals surface area contributed by atoms with E-state index in [1.165, 1.54) is 44.8 Å². The summed E-state index contributed by atoms with van der Waals surface area (Å²) in [6.07, 6.45) is 22.7. The van der Waals surface area contributed by atoms with Crippen molar-refractivity contribution in [1.29, 1.82) is 0 Å². The molecule has 4 atom stereocenters. The lowest BCUT2D eigenvalue weighted by Crippen LogP contribution is -2.30. The lowest BCUT2D eigenvalue weighted by atomic mass is 9.79. The van der Waals surface area contributed by atoms with Gasteiger partial charge in [0.25, 0.3) is 0 Å². The molecule has 51 heavy (non-hydrogen) atoms. The Hall–Kier alpha value is -6.06. The summed E-state index contributed by atoms with van der Waals surface area (Å²) in [6.45, 7) is 0. The van der Waals surface area contributed by atoms with Gasteiger partial charge in [0.1, 0.15) is 23.0 Å². The van der Waals surface area contributed by atoms with Crippen molar-refractivity contribution in [1.82, 2.24) is 0 Å². The summed E-state index contributed by atoms with van der Waals surface area (Å²) in [4.78, 5) is 2.47. The van der Waals surface area contributed by atoms with E-state index in [-0.39, 0.29) is 24.0 Å². The highest BCUT2D eigenvalue weighted by molar-refractivity contribution is 6.06. The number of benzene rings is 5. The quantitative estimate of drug-likeness (QED) is 0.178. The minimum Gasteiger partial charge on any atom is -0.485 e. The average Bonchev–Trinajstić information content (AvgIpc) is 3.76. The molecule has 246 valence electrons. The smallest absolute Gasteiger partial charge is 0.135 e. The molecule has 5 aromatic carbocycles. The third-order valence-corrected chi connectivity index (χ3v) is 10.9. The van der Waals surface area contributed by atoms with Gasteiger partial charge in [-0.1, -0.05) is 115 Å². The molecule has 10 rings (SSSR count). The number of anilines is 2. The topological polar surface area (TPSA) is 25.6 Å². The van der Waals surface area contributed by atoms with E-state index in [4.69, 9.17) is 9.15 Å². The van der Waals surface area contributed by atoms with Crippen LogP contribution in [0.5, 0.6) is 5.75 Å². The Morgan fingerprint density at radius 3 is 2.20 bits per heavy atom. The van der Waals surface area contributed by atoms with Gasteiger partial charge in [-0.25, -0.2) is 0 Å². The molecule has 0 fully saturated rings. The molecule has 0 spiro atoms. The van der Waals surface area contributed by atoms with E-state index < -0.39 is 0 Å². The largest absolute Gasteiger partial charge is 0.485 e. The van der Waals surface area contributed by atoms with Gasteiger partial charge in [-0.3, -0.25) is 0 Å². The van der Waals surface area contributed by atoms with Crippen LogP contribution in [-0.4, -0.2) is 12.1 Å². The zero-order valence-electron chi connectivity index (χ0n) is 28.2. The van der Waals surface area contributed by atoms with Crippen molar-refractivity contribution < 1.29 is 9.15 Å². The van der Waals surface area contributed by atoms with Crippen LogP contribution >= 0.6 is 0 Å². The number of fused-ring (bicyclic) bond motifs is 6. The van der Waals surface area contributed by atoms with Crippen LogP contribution in [0.15, 0.2) is 192 Å². The molecule has 3 heteroatoms. The maximum atomic E-state index is 6.40. The van der Waals surface area contributed by atoms with Gasteiger partial charge in [-0.2, -0.15) is 0 Å². The maximum absolute atomic E-state index is 6.40. The summed E-state index contributed by atoms with van der Waals surface area (Å²) < 4.78 is 12.7. The summed E-state index contributed by atoms with van der Waals surface area (Å²) in [5, 5.41) is 2.30. The van der Waals surface area contributed by atoms with Gasteiger partial charge in [-0.15, -0.1) is 0 Å². The van der Waals surface area contributed by atoms with Crippen molar-refractivity contribution in [2.75, 3.05) is 4.90 Å². The molecule has 0 amide bonds. The molecule has 0 N–H and O–H groups in total. The summed E-state index contributed by atoms with van der Waals surface area (Å²) in [6, 6.07) is 43.5. The van der Waals surface area contributed by atoms with Crippen LogP contribution < -0.4 is 9.64 Å². The summed E-state index contributed by atoms with van der Waals surface area (Å²) >= 11 is 0. The third-order valence-electron chi connectivity index (χ3n) is 10.9. The molecule has 3 nitrogen and oxygen atoms in total. The summed E-state index contributed by atoms with van der Waals surface area (Å²) in [5.74, 6) is 1.50. The lowest BCUT2D eigenvalue weighted by molar-refractivity contribution is 0.269. The van der Waals surface area contributed by atoms with Crippen molar-refractivity contribution in [2.45, 2.75) is 36.8 Å². The molecule has 0 saturated carbocycles. The Bertz CT molecular complexity index is 2440. The normalized spacial score (nSPS) is 21.8. The minimum atomic E-state index is 0.0190. The number of hydrogen-bond acceptors (Lipinski definition) is 3. The van der Waals surface area contributed by atoms with Gasteiger partial charge >= 0.3 is 0 Å². The number of nitrogens with zero attached hydrogens (tertiary/aromatic N) is 1. The van der Waals surface area contributed by atoms with Crippen molar-refractivity contribution in [3.63, 3.8) is 0 Å². The Labute approximate surface area is 298 Å². The summed E-state index contributed by atoms with van der Waals surface area (Å²) in [7, 11) is 0. The van der Waals surface area contributed by atoms with E-state index in [1.807, 2.05) is 6.07 Å². The highest BCUT2D eigenvalue weighted by Gasteiger charge is 2.33. The van der Waals surface area contributed by atoms with Crippen LogP contribution in [0.3, 0.4) is 0 Å². The van der Waals surface area contributed by atoms with Crippen LogP contribution in [0.1, 0.15) is 41.4 Å². The van der Waals surface area contributed by atoms with E-state index in [0.717, 1.165) is 40.5 Å². The zero-order valence-corrected chi connectivity index (χ0v) is 28.2. The van der Waals surface area contributed by atoms with Crippen molar-refractivity contribution >= 4 is 38.9 Å². The fourth-order valence-corrected chi connectivity index (χ4v) is 8.42. The number of para-hydroxylation sites is 3. The van der Waals surface area contributed by atoms with Crippen LogP contribution in [0.2, 0.25) is 0 Å². The number of rotatable bonds is 6. The van der Waals surface area contributed by atoms with Gasteiger partial charge in [0, 0.05) is 39.5 Å². The molecule has 2 heterocycles. The van der Waals surface area contributed by atoms with Gasteiger partial charge < -0.3 is 14.1 Å². The molecule has 4 unspecified atom stereocenters. The fourth-order valence-electron chi connectivity index (χ4n) is 8.42. The Morgan fingerprint density at radius 2 is 1.37 bits per heavy atom. The van der Waals surface area contributed by atoms with Gasteiger partial charge in [0.15, 0.2) is 0 Å². The number of furan rings is 1. The molecule has 1 aliphatic heterocycles. The third kappa shape index (κ3) is 5.28. The van der Waals surface area contributed by atoms with E-state index in [9.17, 15) is 0 Å². The fraction of sp³-hybridized carbons (Fsp3) is 0.125. The first-order valence-corrected chi connectivity index (χ1v) is 18.0. The number of allylic oxidation sites excluding steroid dienone is 8. The molecule has 6 aromatic rings. The predicted molar refractivity (Wildman–Crippen MR) is 210 cm³/mol. The summed E-state index contributed by atoms with van der Waals surface area (Å²) in [5.41, 5.74) is 11.8. The second-order valence-corrected chi connectivity index (χ2v) is 13.9. The van der Waals surface area contributed by atoms with Gasteiger partial charge in [0.2, 0.25) is 0 Å².